The number of anilines is 1. The van der Waals surface area contributed by atoms with Crippen LogP contribution in [0.15, 0.2) is 37.0 Å². The van der Waals surface area contributed by atoms with Crippen LogP contribution in [0.2, 0.25) is 0 Å². The molecule has 0 bridgehead atoms. The van der Waals surface area contributed by atoms with Crippen LogP contribution in [0.1, 0.15) is 25.3 Å². The van der Waals surface area contributed by atoms with Crippen LogP contribution in [0.25, 0.3) is 0 Å². The first-order chi connectivity index (χ1) is 10.7. The van der Waals surface area contributed by atoms with Crippen molar-refractivity contribution in [1.29, 1.82) is 0 Å². The van der Waals surface area contributed by atoms with E-state index >= 15 is 0 Å². The Morgan fingerprint density at radius 3 is 2.68 bits per heavy atom. The lowest BCUT2D eigenvalue weighted by atomic mass is 9.97. The zero-order valence-corrected chi connectivity index (χ0v) is 14.2. The van der Waals surface area contributed by atoms with Gasteiger partial charge in [0.2, 0.25) is 0 Å². The number of nitrogens with one attached hydrogen (secondary N) is 1. The van der Waals surface area contributed by atoms with Crippen molar-refractivity contribution in [2.45, 2.75) is 26.2 Å². The smallest absolute Gasteiger partial charge is 0.0436 e. The standard InChI is InChI=1S/C19H31N3/c1-4-21(3)19-9-7-6-8-18(19)12-15-22(5-2)16-17-10-13-20-14-11-17/h4,6-9,17,20H,1,5,10-16H2,2-3H3. The van der Waals surface area contributed by atoms with Crippen LogP contribution in [0.4, 0.5) is 5.69 Å². The van der Waals surface area contributed by atoms with Gasteiger partial charge in [-0.1, -0.05) is 31.7 Å². The van der Waals surface area contributed by atoms with Gasteiger partial charge in [0.1, 0.15) is 0 Å². The summed E-state index contributed by atoms with van der Waals surface area (Å²) in [5.74, 6) is 0.868. The van der Waals surface area contributed by atoms with Crippen LogP contribution in [0.5, 0.6) is 0 Å². The number of nitrogens with zero attached hydrogens (tertiary/aromatic N) is 2. The molecule has 1 aliphatic heterocycles. The molecule has 0 unspecified atom stereocenters. The predicted molar refractivity (Wildman–Crippen MR) is 96.5 cm³/mol. The number of piperidine rings is 1. The summed E-state index contributed by atoms with van der Waals surface area (Å²) in [6.07, 6.45) is 5.64. The number of hydrogen-bond acceptors (Lipinski definition) is 3. The van der Waals surface area contributed by atoms with Crippen molar-refractivity contribution in [3.05, 3.63) is 42.6 Å². The molecule has 22 heavy (non-hydrogen) atoms. The lowest BCUT2D eigenvalue weighted by Gasteiger charge is -2.29. The third-order valence-corrected chi connectivity index (χ3v) is 4.77. The van der Waals surface area contributed by atoms with Crippen LogP contribution in [0.3, 0.4) is 0 Å². The second-order valence-corrected chi connectivity index (χ2v) is 6.26. The van der Waals surface area contributed by atoms with Crippen molar-refractivity contribution in [1.82, 2.24) is 10.2 Å². The molecule has 3 heteroatoms. The molecule has 0 amide bonds. The molecular formula is C19H31N3. The van der Waals surface area contributed by atoms with Crippen molar-refractivity contribution in [3.8, 4) is 0 Å². The van der Waals surface area contributed by atoms with E-state index in [1.54, 1.807) is 0 Å². The predicted octanol–water partition coefficient (Wildman–Crippen LogP) is 3.13. The Kier molecular flexibility index (Phi) is 6.94. The molecule has 0 spiro atoms. The van der Waals surface area contributed by atoms with Crippen LogP contribution in [0, 0.1) is 5.92 Å². The summed E-state index contributed by atoms with van der Waals surface area (Å²) >= 11 is 0. The molecule has 122 valence electrons. The highest BCUT2D eigenvalue weighted by Crippen LogP contribution is 2.20. The normalized spacial score (nSPS) is 16.0. The molecule has 0 aliphatic carbocycles. The summed E-state index contributed by atoms with van der Waals surface area (Å²) < 4.78 is 0. The molecule has 1 aromatic rings. The van der Waals surface area contributed by atoms with E-state index in [1.165, 1.54) is 43.7 Å². The van der Waals surface area contributed by atoms with Gasteiger partial charge in [-0.25, -0.2) is 0 Å². The topological polar surface area (TPSA) is 18.5 Å². The molecule has 1 aliphatic rings. The van der Waals surface area contributed by atoms with E-state index in [1.807, 2.05) is 6.20 Å². The third-order valence-electron chi connectivity index (χ3n) is 4.77. The Bertz CT molecular complexity index is 452. The molecule has 0 atom stereocenters. The van der Waals surface area contributed by atoms with Crippen LogP contribution < -0.4 is 10.2 Å². The van der Waals surface area contributed by atoms with E-state index in [-0.39, 0.29) is 0 Å². The van der Waals surface area contributed by atoms with E-state index in [2.05, 4.69) is 59.9 Å². The van der Waals surface area contributed by atoms with E-state index < -0.39 is 0 Å². The van der Waals surface area contributed by atoms with Gasteiger partial charge in [-0.2, -0.15) is 0 Å². The summed E-state index contributed by atoms with van der Waals surface area (Å²) in [6, 6.07) is 8.66. The number of rotatable bonds is 8. The highest BCUT2D eigenvalue weighted by atomic mass is 15.1. The fourth-order valence-corrected chi connectivity index (χ4v) is 3.25. The van der Waals surface area contributed by atoms with E-state index in [0.717, 1.165) is 25.4 Å². The first kappa shape index (κ1) is 17.0. The van der Waals surface area contributed by atoms with Gasteiger partial charge in [-0.15, -0.1) is 0 Å². The minimum Gasteiger partial charge on any atom is -0.351 e. The highest BCUT2D eigenvalue weighted by Gasteiger charge is 2.16. The minimum atomic E-state index is 0.868. The van der Waals surface area contributed by atoms with E-state index in [9.17, 15) is 0 Å². The zero-order valence-electron chi connectivity index (χ0n) is 14.2. The molecule has 0 saturated carbocycles. The summed E-state index contributed by atoms with van der Waals surface area (Å²) in [6.45, 7) is 12.1. The summed E-state index contributed by atoms with van der Waals surface area (Å²) in [4.78, 5) is 4.72. The first-order valence-corrected chi connectivity index (χ1v) is 8.61. The molecule has 1 aromatic carbocycles. The van der Waals surface area contributed by atoms with Gasteiger partial charge in [-0.05, 0) is 62.6 Å². The quantitative estimate of drug-likeness (QED) is 0.796. The van der Waals surface area contributed by atoms with Gasteiger partial charge in [0, 0.05) is 25.8 Å². The van der Waals surface area contributed by atoms with Gasteiger partial charge in [0.05, 0.1) is 0 Å². The van der Waals surface area contributed by atoms with Crippen molar-refractivity contribution in [3.63, 3.8) is 0 Å². The first-order valence-electron chi connectivity index (χ1n) is 8.61. The molecule has 1 N–H and O–H groups in total. The Balaban J connectivity index is 1.91. The lowest BCUT2D eigenvalue weighted by molar-refractivity contribution is 0.215. The fourth-order valence-electron chi connectivity index (χ4n) is 3.25. The molecule has 1 saturated heterocycles. The van der Waals surface area contributed by atoms with Crippen molar-refractivity contribution < 1.29 is 0 Å². The maximum absolute atomic E-state index is 3.88. The monoisotopic (exact) mass is 301 g/mol. The van der Waals surface area contributed by atoms with Gasteiger partial charge in [0.15, 0.2) is 0 Å². The molecule has 3 nitrogen and oxygen atoms in total. The van der Waals surface area contributed by atoms with E-state index in [4.69, 9.17) is 0 Å². The Morgan fingerprint density at radius 1 is 1.27 bits per heavy atom. The van der Waals surface area contributed by atoms with Crippen LogP contribution in [-0.4, -0.2) is 44.7 Å². The molecule has 0 radical (unpaired) electrons. The second kappa shape index (κ2) is 8.96. The summed E-state index contributed by atoms with van der Waals surface area (Å²) in [5, 5.41) is 3.46. The average molecular weight is 301 g/mol. The minimum absolute atomic E-state index is 0.868. The lowest BCUT2D eigenvalue weighted by Crippen LogP contribution is -2.37. The Morgan fingerprint density at radius 2 is 2.00 bits per heavy atom. The molecule has 0 aromatic heterocycles. The molecule has 1 heterocycles. The number of benzene rings is 1. The number of likely N-dealkylation sites (N-methyl/N-ethyl adjacent to an activating group) is 1. The van der Waals surface area contributed by atoms with Crippen LogP contribution in [-0.2, 0) is 6.42 Å². The Hall–Kier alpha value is -1.32. The second-order valence-electron chi connectivity index (χ2n) is 6.26. The van der Waals surface area contributed by atoms with Crippen molar-refractivity contribution in [2.24, 2.45) is 5.92 Å². The van der Waals surface area contributed by atoms with Gasteiger partial charge in [-0.3, -0.25) is 0 Å². The van der Waals surface area contributed by atoms with Crippen molar-refractivity contribution in [2.75, 3.05) is 44.7 Å². The van der Waals surface area contributed by atoms with E-state index in [0.29, 0.717) is 0 Å². The SMILES string of the molecule is C=CN(C)c1ccccc1CCN(CC)CC1CCNCC1. The summed E-state index contributed by atoms with van der Waals surface area (Å²) in [7, 11) is 2.07. The maximum atomic E-state index is 3.88. The third kappa shape index (κ3) is 4.85. The Labute approximate surface area is 136 Å². The number of hydrogen-bond donors (Lipinski definition) is 1. The number of para-hydroxylation sites is 1. The molecular weight excluding hydrogens is 270 g/mol. The average Bonchev–Trinajstić information content (AvgIpc) is 2.59. The highest BCUT2D eigenvalue weighted by molar-refractivity contribution is 5.54. The molecule has 1 fully saturated rings. The van der Waals surface area contributed by atoms with Gasteiger partial charge >= 0.3 is 0 Å². The zero-order chi connectivity index (χ0) is 15.8. The summed E-state index contributed by atoms with van der Waals surface area (Å²) in [5.41, 5.74) is 2.68. The fraction of sp³-hybridized carbons (Fsp3) is 0.579. The van der Waals surface area contributed by atoms with Crippen molar-refractivity contribution >= 4 is 5.69 Å². The van der Waals surface area contributed by atoms with Gasteiger partial charge < -0.3 is 15.1 Å². The van der Waals surface area contributed by atoms with Gasteiger partial charge in [0.25, 0.3) is 0 Å². The van der Waals surface area contributed by atoms with Crippen LogP contribution >= 0.6 is 0 Å². The molecule has 2 rings (SSSR count). The largest absolute Gasteiger partial charge is 0.351 e. The maximum Gasteiger partial charge on any atom is 0.0436 e.